The van der Waals surface area contributed by atoms with Gasteiger partial charge in [-0.05, 0) is 12.5 Å². The minimum Gasteiger partial charge on any atom is -0.504 e. The Labute approximate surface area is 97.4 Å². The highest BCUT2D eigenvalue weighted by Gasteiger charge is 2.46. The molecule has 1 fully saturated rings. The minimum atomic E-state index is -0.844. The Morgan fingerprint density at radius 1 is 1.56 bits per heavy atom. The van der Waals surface area contributed by atoms with Crippen LogP contribution in [0.25, 0.3) is 0 Å². The minimum absolute atomic E-state index is 0.0133. The number of ether oxygens (including phenoxy) is 1. The molecule has 0 aliphatic heterocycles. The topological polar surface area (TPSA) is 66.8 Å². The van der Waals surface area contributed by atoms with Gasteiger partial charge in [-0.15, -0.1) is 0 Å². The summed E-state index contributed by atoms with van der Waals surface area (Å²) in [6.07, 6.45) is 0.534. The maximum Gasteiger partial charge on any atom is 0.307 e. The normalized spacial score (nSPS) is 22.9. The summed E-state index contributed by atoms with van der Waals surface area (Å²) in [4.78, 5) is 10.8. The number of phenolic OH excluding ortho intramolecular Hbond substituents is 1. The van der Waals surface area contributed by atoms with E-state index in [4.69, 9.17) is 21.4 Å². The van der Waals surface area contributed by atoms with Gasteiger partial charge in [0.15, 0.2) is 11.5 Å². The van der Waals surface area contributed by atoms with Gasteiger partial charge in [-0.3, -0.25) is 4.79 Å². The molecule has 0 radical (unpaired) electrons. The molecule has 0 heterocycles. The molecule has 86 valence electrons. The number of methoxy groups -OCH3 is 1. The van der Waals surface area contributed by atoms with E-state index in [0.717, 1.165) is 0 Å². The summed E-state index contributed by atoms with van der Waals surface area (Å²) in [7, 11) is 1.43. The Morgan fingerprint density at radius 2 is 2.25 bits per heavy atom. The van der Waals surface area contributed by atoms with E-state index in [-0.39, 0.29) is 17.4 Å². The second-order valence-electron chi connectivity index (χ2n) is 3.83. The SMILES string of the molecule is COc1cc(Cl)cc([C@@H]2C[C@H]2C(=O)O)c1O. The van der Waals surface area contributed by atoms with Crippen molar-refractivity contribution >= 4 is 17.6 Å². The number of carbonyl (C=O) groups is 1. The Balaban J connectivity index is 2.35. The molecule has 0 unspecified atom stereocenters. The lowest BCUT2D eigenvalue weighted by Crippen LogP contribution is -1.99. The van der Waals surface area contributed by atoms with Crippen LogP contribution < -0.4 is 4.74 Å². The number of halogens is 1. The smallest absolute Gasteiger partial charge is 0.307 e. The molecule has 2 N–H and O–H groups in total. The third-order valence-corrected chi connectivity index (χ3v) is 3.01. The summed E-state index contributed by atoms with van der Waals surface area (Å²) in [5.74, 6) is -1.17. The number of carboxylic acid groups (broad SMARTS) is 1. The van der Waals surface area contributed by atoms with Crippen molar-refractivity contribution in [1.82, 2.24) is 0 Å². The first kappa shape index (κ1) is 11.1. The first-order chi connectivity index (χ1) is 7.54. The average molecular weight is 243 g/mol. The third kappa shape index (κ3) is 1.80. The molecule has 4 nitrogen and oxygen atoms in total. The molecule has 16 heavy (non-hydrogen) atoms. The molecule has 2 rings (SSSR count). The van der Waals surface area contributed by atoms with Crippen LogP contribution in [-0.4, -0.2) is 23.3 Å². The number of benzene rings is 1. The third-order valence-electron chi connectivity index (χ3n) is 2.80. The zero-order chi connectivity index (χ0) is 11.9. The standard InChI is InChI=1S/C11H11ClO4/c1-16-9-3-5(12)2-7(10(9)13)6-4-8(6)11(14)15/h2-3,6,8,13H,4H2,1H3,(H,14,15)/t6-,8+/m0/s1. The molecule has 1 aromatic rings. The van der Waals surface area contributed by atoms with Gasteiger partial charge in [0.1, 0.15) is 0 Å². The molecule has 0 aromatic heterocycles. The highest BCUT2D eigenvalue weighted by Crippen LogP contribution is 2.52. The van der Waals surface area contributed by atoms with Crippen molar-refractivity contribution in [2.75, 3.05) is 7.11 Å². The summed E-state index contributed by atoms with van der Waals surface area (Å²) in [6.45, 7) is 0. The van der Waals surface area contributed by atoms with Crippen LogP contribution in [-0.2, 0) is 4.79 Å². The molecule has 1 aromatic carbocycles. The number of phenols is 1. The average Bonchev–Trinajstić information content (AvgIpc) is 3.00. The van der Waals surface area contributed by atoms with E-state index >= 15 is 0 Å². The number of aromatic hydroxyl groups is 1. The molecule has 0 spiro atoms. The zero-order valence-electron chi connectivity index (χ0n) is 8.61. The maximum atomic E-state index is 10.8. The van der Waals surface area contributed by atoms with E-state index in [9.17, 15) is 9.90 Å². The number of hydrogen-bond donors (Lipinski definition) is 2. The molecule has 1 saturated carbocycles. The van der Waals surface area contributed by atoms with E-state index in [2.05, 4.69) is 0 Å². The van der Waals surface area contributed by atoms with Gasteiger partial charge < -0.3 is 14.9 Å². The zero-order valence-corrected chi connectivity index (χ0v) is 9.36. The van der Waals surface area contributed by atoms with Crippen LogP contribution in [0, 0.1) is 5.92 Å². The van der Waals surface area contributed by atoms with Crippen molar-refractivity contribution < 1.29 is 19.7 Å². The van der Waals surface area contributed by atoms with Crippen LogP contribution in [0.5, 0.6) is 11.5 Å². The monoisotopic (exact) mass is 242 g/mol. The van der Waals surface area contributed by atoms with Gasteiger partial charge in [0.05, 0.1) is 13.0 Å². The molecule has 1 aliphatic carbocycles. The summed E-state index contributed by atoms with van der Waals surface area (Å²) in [5.41, 5.74) is 0.553. The molecule has 5 heteroatoms. The Hall–Kier alpha value is -1.42. The van der Waals surface area contributed by atoms with Crippen LogP contribution >= 0.6 is 11.6 Å². The van der Waals surface area contributed by atoms with Crippen molar-refractivity contribution in [2.24, 2.45) is 5.92 Å². The van der Waals surface area contributed by atoms with Crippen molar-refractivity contribution in [3.8, 4) is 11.5 Å². The van der Waals surface area contributed by atoms with Crippen molar-refractivity contribution in [3.63, 3.8) is 0 Å². The fourth-order valence-corrected chi connectivity index (χ4v) is 2.06. The van der Waals surface area contributed by atoms with Crippen LogP contribution in [0.3, 0.4) is 0 Å². The number of rotatable bonds is 3. The maximum absolute atomic E-state index is 10.8. The molecule has 2 atom stereocenters. The first-order valence-corrected chi connectivity index (χ1v) is 5.21. The Kier molecular flexibility index (Phi) is 2.68. The summed E-state index contributed by atoms with van der Waals surface area (Å²) in [5, 5.41) is 19.1. The molecular formula is C11H11ClO4. The quantitative estimate of drug-likeness (QED) is 0.853. The van der Waals surface area contributed by atoms with Crippen LogP contribution in [0.15, 0.2) is 12.1 Å². The van der Waals surface area contributed by atoms with Gasteiger partial charge in [-0.2, -0.15) is 0 Å². The summed E-state index contributed by atoms with van der Waals surface area (Å²) in [6, 6.07) is 3.09. The van der Waals surface area contributed by atoms with Crippen LogP contribution in [0.4, 0.5) is 0 Å². The van der Waals surface area contributed by atoms with Gasteiger partial charge in [0.2, 0.25) is 0 Å². The van der Waals surface area contributed by atoms with Gasteiger partial charge in [-0.25, -0.2) is 0 Å². The summed E-state index contributed by atoms with van der Waals surface area (Å²) >= 11 is 5.86. The second kappa shape index (κ2) is 3.87. The van der Waals surface area contributed by atoms with E-state index in [0.29, 0.717) is 17.0 Å². The highest BCUT2D eigenvalue weighted by atomic mass is 35.5. The second-order valence-corrected chi connectivity index (χ2v) is 4.27. The number of aliphatic carboxylic acids is 1. The van der Waals surface area contributed by atoms with E-state index in [1.807, 2.05) is 0 Å². The van der Waals surface area contributed by atoms with E-state index in [1.165, 1.54) is 13.2 Å². The lowest BCUT2D eigenvalue weighted by molar-refractivity contribution is -0.138. The molecule has 1 aliphatic rings. The van der Waals surface area contributed by atoms with E-state index in [1.54, 1.807) is 6.07 Å². The Bertz CT molecular complexity index is 444. The van der Waals surface area contributed by atoms with Crippen molar-refractivity contribution in [3.05, 3.63) is 22.7 Å². The number of hydrogen-bond acceptors (Lipinski definition) is 3. The van der Waals surface area contributed by atoms with Gasteiger partial charge in [0.25, 0.3) is 0 Å². The largest absolute Gasteiger partial charge is 0.504 e. The molecule has 0 amide bonds. The molecule has 0 saturated heterocycles. The van der Waals surface area contributed by atoms with Gasteiger partial charge in [-0.1, -0.05) is 11.6 Å². The highest BCUT2D eigenvalue weighted by molar-refractivity contribution is 6.30. The van der Waals surface area contributed by atoms with Gasteiger partial charge >= 0.3 is 5.97 Å². The molecular weight excluding hydrogens is 232 g/mol. The fraction of sp³-hybridized carbons (Fsp3) is 0.364. The Morgan fingerprint density at radius 3 is 2.75 bits per heavy atom. The number of carboxylic acids is 1. The van der Waals surface area contributed by atoms with Gasteiger partial charge in [0, 0.05) is 22.6 Å². The lowest BCUT2D eigenvalue weighted by atomic mass is 10.1. The summed E-state index contributed by atoms with van der Waals surface area (Å²) < 4.78 is 4.96. The van der Waals surface area contributed by atoms with E-state index < -0.39 is 11.9 Å². The van der Waals surface area contributed by atoms with Crippen LogP contribution in [0.1, 0.15) is 17.9 Å². The predicted molar refractivity (Wildman–Crippen MR) is 58.2 cm³/mol. The lowest BCUT2D eigenvalue weighted by Gasteiger charge is -2.09. The van der Waals surface area contributed by atoms with Crippen molar-refractivity contribution in [1.29, 1.82) is 0 Å². The van der Waals surface area contributed by atoms with Crippen molar-refractivity contribution in [2.45, 2.75) is 12.3 Å². The predicted octanol–water partition coefficient (Wildman–Crippen LogP) is 2.24. The molecule has 0 bridgehead atoms. The first-order valence-electron chi connectivity index (χ1n) is 4.83. The van der Waals surface area contributed by atoms with Crippen LogP contribution in [0.2, 0.25) is 5.02 Å². The fourth-order valence-electron chi connectivity index (χ4n) is 1.84.